The van der Waals surface area contributed by atoms with Crippen LogP contribution in [0, 0.1) is 0 Å². The molecule has 1 atom stereocenters. The lowest BCUT2D eigenvalue weighted by molar-refractivity contribution is -0.0490. The number of aliphatic hydroxyl groups is 1. The van der Waals surface area contributed by atoms with Gasteiger partial charge in [0.15, 0.2) is 0 Å². The number of aliphatic hydroxyl groups excluding tert-OH is 1. The Hall–Kier alpha value is -0.130. The zero-order valence-corrected chi connectivity index (χ0v) is 10.1. The summed E-state index contributed by atoms with van der Waals surface area (Å²) in [5.41, 5.74) is -0.300. The van der Waals surface area contributed by atoms with E-state index in [1.165, 1.54) is 0 Å². The van der Waals surface area contributed by atoms with Crippen LogP contribution >= 0.6 is 0 Å². The number of sulfone groups is 1. The summed E-state index contributed by atoms with van der Waals surface area (Å²) in [6, 6.07) is 0. The molecule has 1 N–H and O–H groups in total. The van der Waals surface area contributed by atoms with Crippen LogP contribution < -0.4 is 0 Å². The van der Waals surface area contributed by atoms with Crippen LogP contribution in [0.25, 0.3) is 0 Å². The highest BCUT2D eigenvalue weighted by molar-refractivity contribution is 7.90. The van der Waals surface area contributed by atoms with E-state index in [2.05, 4.69) is 0 Å². The van der Waals surface area contributed by atoms with Crippen molar-refractivity contribution in [1.29, 1.82) is 0 Å². The fraction of sp³-hybridized carbons (Fsp3) is 1.00. The van der Waals surface area contributed by atoms with Crippen LogP contribution in [0.4, 0.5) is 0 Å². The van der Waals surface area contributed by atoms with Crippen LogP contribution in [0.3, 0.4) is 0 Å². The van der Waals surface area contributed by atoms with Crippen LogP contribution in [0.5, 0.6) is 0 Å². The molecule has 0 amide bonds. The third-order valence-corrected chi connectivity index (χ3v) is 2.51. The highest BCUT2D eigenvalue weighted by Crippen LogP contribution is 2.08. The van der Waals surface area contributed by atoms with Gasteiger partial charge in [-0.15, -0.1) is 0 Å². The summed E-state index contributed by atoms with van der Waals surface area (Å²) in [5, 5.41) is 9.39. The summed E-state index contributed by atoms with van der Waals surface area (Å²) < 4.78 is 26.9. The number of ether oxygens (including phenoxy) is 1. The maximum Gasteiger partial charge on any atom is 0.147 e. The SMILES string of the molecule is CC(C)(C)OCC(O)CCS(C)(=O)=O. The third kappa shape index (κ3) is 9.95. The molecule has 0 aliphatic carbocycles. The topological polar surface area (TPSA) is 63.6 Å². The van der Waals surface area contributed by atoms with Crippen molar-refractivity contribution in [2.24, 2.45) is 0 Å². The number of hydrogen-bond acceptors (Lipinski definition) is 4. The Morgan fingerprint density at radius 1 is 1.36 bits per heavy atom. The summed E-state index contributed by atoms with van der Waals surface area (Å²) in [7, 11) is -2.99. The van der Waals surface area contributed by atoms with Gasteiger partial charge in [0, 0.05) is 6.26 Å². The van der Waals surface area contributed by atoms with Crippen LogP contribution in [0.2, 0.25) is 0 Å². The average Bonchev–Trinajstić information content (AvgIpc) is 1.94. The Morgan fingerprint density at radius 2 is 1.86 bits per heavy atom. The molecular weight excluding hydrogens is 204 g/mol. The predicted octanol–water partition coefficient (Wildman–Crippen LogP) is 0.597. The Kier molecular flexibility index (Phi) is 5.05. The van der Waals surface area contributed by atoms with Crippen molar-refractivity contribution in [2.45, 2.75) is 38.9 Å². The standard InChI is InChI=1S/C9H20O4S/c1-9(2,3)13-7-8(10)5-6-14(4,11)12/h8,10H,5-7H2,1-4H3. The molecule has 0 aromatic carbocycles. The van der Waals surface area contributed by atoms with E-state index in [0.29, 0.717) is 0 Å². The second-order valence-corrected chi connectivity index (χ2v) is 6.76. The summed E-state index contributed by atoms with van der Waals surface area (Å²) in [4.78, 5) is 0. The second kappa shape index (κ2) is 5.09. The molecule has 0 bridgehead atoms. The van der Waals surface area contributed by atoms with Gasteiger partial charge in [0.05, 0.1) is 24.1 Å². The minimum absolute atomic E-state index is 0.00166. The van der Waals surface area contributed by atoms with Gasteiger partial charge in [0.2, 0.25) is 0 Å². The first-order chi connectivity index (χ1) is 6.10. The first-order valence-electron chi connectivity index (χ1n) is 4.60. The van der Waals surface area contributed by atoms with E-state index in [9.17, 15) is 13.5 Å². The normalized spacial score (nSPS) is 15.5. The largest absolute Gasteiger partial charge is 0.391 e. The highest BCUT2D eigenvalue weighted by Gasteiger charge is 2.14. The van der Waals surface area contributed by atoms with Crippen LogP contribution in [-0.2, 0) is 14.6 Å². The lowest BCUT2D eigenvalue weighted by Gasteiger charge is -2.21. The van der Waals surface area contributed by atoms with Gasteiger partial charge in [-0.25, -0.2) is 8.42 Å². The van der Waals surface area contributed by atoms with Crippen molar-refractivity contribution in [3.8, 4) is 0 Å². The van der Waals surface area contributed by atoms with E-state index in [1.54, 1.807) is 0 Å². The van der Waals surface area contributed by atoms with E-state index in [-0.39, 0.29) is 24.4 Å². The summed E-state index contributed by atoms with van der Waals surface area (Å²) in [6.07, 6.45) is 0.683. The summed E-state index contributed by atoms with van der Waals surface area (Å²) >= 11 is 0. The van der Waals surface area contributed by atoms with Crippen LogP contribution in [0.15, 0.2) is 0 Å². The van der Waals surface area contributed by atoms with E-state index >= 15 is 0 Å². The maximum absolute atomic E-state index is 10.8. The fourth-order valence-electron chi connectivity index (χ4n) is 0.780. The molecule has 0 heterocycles. The Morgan fingerprint density at radius 3 is 2.21 bits per heavy atom. The van der Waals surface area contributed by atoms with E-state index in [0.717, 1.165) is 6.26 Å². The van der Waals surface area contributed by atoms with E-state index in [1.807, 2.05) is 20.8 Å². The summed E-state index contributed by atoms with van der Waals surface area (Å²) in [5.74, 6) is 0.00166. The molecule has 1 unspecified atom stereocenters. The molecule has 0 radical (unpaired) electrons. The van der Waals surface area contributed by atoms with Crippen molar-refractivity contribution in [2.75, 3.05) is 18.6 Å². The van der Waals surface area contributed by atoms with E-state index in [4.69, 9.17) is 4.74 Å². The fourth-order valence-corrected chi connectivity index (χ4v) is 1.48. The monoisotopic (exact) mass is 224 g/mol. The van der Waals surface area contributed by atoms with E-state index < -0.39 is 15.9 Å². The van der Waals surface area contributed by atoms with Crippen LogP contribution in [-0.4, -0.2) is 43.8 Å². The zero-order valence-electron chi connectivity index (χ0n) is 9.28. The maximum atomic E-state index is 10.8. The molecule has 0 saturated heterocycles. The molecular formula is C9H20O4S. The lowest BCUT2D eigenvalue weighted by atomic mass is 10.2. The molecule has 5 heteroatoms. The second-order valence-electron chi connectivity index (χ2n) is 4.50. The zero-order chi connectivity index (χ0) is 11.4. The van der Waals surface area contributed by atoms with Gasteiger partial charge in [0.1, 0.15) is 9.84 Å². The van der Waals surface area contributed by atoms with Crippen molar-refractivity contribution in [3.05, 3.63) is 0 Å². The third-order valence-electron chi connectivity index (χ3n) is 1.53. The molecule has 14 heavy (non-hydrogen) atoms. The van der Waals surface area contributed by atoms with Gasteiger partial charge in [-0.1, -0.05) is 0 Å². The van der Waals surface area contributed by atoms with Gasteiger partial charge < -0.3 is 9.84 Å². The van der Waals surface area contributed by atoms with Gasteiger partial charge in [0.25, 0.3) is 0 Å². The van der Waals surface area contributed by atoms with Gasteiger partial charge in [-0.2, -0.15) is 0 Å². The highest BCUT2D eigenvalue weighted by atomic mass is 32.2. The first kappa shape index (κ1) is 13.9. The Bertz CT molecular complexity index is 250. The Balaban J connectivity index is 3.73. The lowest BCUT2D eigenvalue weighted by Crippen LogP contribution is -2.27. The van der Waals surface area contributed by atoms with Gasteiger partial charge >= 0.3 is 0 Å². The molecule has 4 nitrogen and oxygen atoms in total. The van der Waals surface area contributed by atoms with Gasteiger partial charge in [-0.3, -0.25) is 0 Å². The number of hydrogen-bond donors (Lipinski definition) is 1. The molecule has 0 aliphatic heterocycles. The molecule has 0 aromatic rings. The first-order valence-corrected chi connectivity index (χ1v) is 6.66. The van der Waals surface area contributed by atoms with Crippen molar-refractivity contribution < 1.29 is 18.3 Å². The van der Waals surface area contributed by atoms with Crippen molar-refractivity contribution in [3.63, 3.8) is 0 Å². The van der Waals surface area contributed by atoms with Crippen molar-refractivity contribution >= 4 is 9.84 Å². The smallest absolute Gasteiger partial charge is 0.147 e. The quantitative estimate of drug-likeness (QED) is 0.742. The molecule has 0 fully saturated rings. The average molecular weight is 224 g/mol. The molecule has 0 saturated carbocycles. The number of rotatable bonds is 5. The molecule has 86 valence electrons. The van der Waals surface area contributed by atoms with Crippen molar-refractivity contribution in [1.82, 2.24) is 0 Å². The van der Waals surface area contributed by atoms with Crippen LogP contribution in [0.1, 0.15) is 27.2 Å². The van der Waals surface area contributed by atoms with Gasteiger partial charge in [-0.05, 0) is 27.2 Å². The molecule has 0 aromatic heterocycles. The predicted molar refractivity (Wildman–Crippen MR) is 56.0 cm³/mol. The molecule has 0 aliphatic rings. The molecule has 0 spiro atoms. The Labute approximate surface area is 86.2 Å². The minimum Gasteiger partial charge on any atom is -0.391 e. The minimum atomic E-state index is -2.99. The molecule has 0 rings (SSSR count). The summed E-state index contributed by atoms with van der Waals surface area (Å²) in [6.45, 7) is 5.84.